The van der Waals surface area contributed by atoms with Gasteiger partial charge in [0.25, 0.3) is 5.91 Å². The zero-order valence-electron chi connectivity index (χ0n) is 14.5. The number of hydrogen-bond acceptors (Lipinski definition) is 4. The summed E-state index contributed by atoms with van der Waals surface area (Å²) in [6, 6.07) is 6.33. The molecule has 0 saturated carbocycles. The van der Waals surface area contributed by atoms with Crippen molar-refractivity contribution in [1.82, 2.24) is 4.98 Å². The normalized spacial score (nSPS) is 14.4. The van der Waals surface area contributed by atoms with Gasteiger partial charge in [-0.3, -0.25) is 4.79 Å². The van der Waals surface area contributed by atoms with E-state index in [1.54, 1.807) is 6.07 Å². The Kier molecular flexibility index (Phi) is 6.07. The highest BCUT2D eigenvalue weighted by Crippen LogP contribution is 2.29. The number of nitrogens with zero attached hydrogens (tertiary/aromatic N) is 2. The molecule has 1 aliphatic heterocycles. The highest BCUT2D eigenvalue weighted by Gasteiger charge is 2.43. The van der Waals surface area contributed by atoms with Gasteiger partial charge >= 0.3 is 12.5 Å². The summed E-state index contributed by atoms with van der Waals surface area (Å²) < 4.78 is 54.7. The summed E-state index contributed by atoms with van der Waals surface area (Å²) >= 11 is 3.43. The lowest BCUT2D eigenvalue weighted by Gasteiger charge is -2.18. The van der Waals surface area contributed by atoms with Crippen molar-refractivity contribution in [2.75, 3.05) is 23.3 Å². The first-order valence-corrected chi connectivity index (χ1v) is 9.22. The Bertz CT molecular complexity index is 843. The standard InChI is InChI=1S/C18H16BrF4N3O2/c19-14-9-11(10-24-15(14)26-7-1-2-8-26)16(27)25-12-3-5-13(6-4-12)28-18(22,23)17(20)21/h3-6,9-10,17H,1-2,7-8H2,(H,25,27). The van der Waals surface area contributed by atoms with Gasteiger partial charge in [0.2, 0.25) is 0 Å². The zero-order chi connectivity index (χ0) is 20.3. The molecule has 0 unspecified atom stereocenters. The lowest BCUT2D eigenvalue weighted by molar-refractivity contribution is -0.253. The van der Waals surface area contributed by atoms with Crippen LogP contribution in [-0.4, -0.2) is 36.5 Å². The number of nitrogens with one attached hydrogen (secondary N) is 1. The number of anilines is 2. The molecule has 0 spiro atoms. The first kappa shape index (κ1) is 20.4. The number of halogens is 5. The second-order valence-electron chi connectivity index (χ2n) is 6.17. The van der Waals surface area contributed by atoms with E-state index in [-0.39, 0.29) is 5.69 Å². The van der Waals surface area contributed by atoms with E-state index in [0.29, 0.717) is 10.0 Å². The van der Waals surface area contributed by atoms with Gasteiger partial charge in [-0.25, -0.2) is 4.98 Å². The van der Waals surface area contributed by atoms with Crippen LogP contribution in [0.2, 0.25) is 0 Å². The molecular weight excluding hydrogens is 446 g/mol. The van der Waals surface area contributed by atoms with E-state index in [1.165, 1.54) is 18.3 Å². The molecule has 1 amide bonds. The summed E-state index contributed by atoms with van der Waals surface area (Å²) in [4.78, 5) is 18.8. The number of aromatic nitrogens is 1. The third-order valence-corrected chi connectivity index (χ3v) is 4.69. The van der Waals surface area contributed by atoms with E-state index in [9.17, 15) is 22.4 Å². The maximum atomic E-state index is 12.9. The maximum absolute atomic E-state index is 12.9. The van der Waals surface area contributed by atoms with Gasteiger partial charge in [0.1, 0.15) is 11.6 Å². The highest BCUT2D eigenvalue weighted by molar-refractivity contribution is 9.10. The lowest BCUT2D eigenvalue weighted by Crippen LogP contribution is -2.33. The number of carbonyl (C=O) groups is 1. The van der Waals surface area contributed by atoms with Crippen LogP contribution in [0.5, 0.6) is 5.75 Å². The van der Waals surface area contributed by atoms with Crippen LogP contribution < -0.4 is 15.0 Å². The van der Waals surface area contributed by atoms with Gasteiger partial charge in [-0.05, 0) is 59.1 Å². The summed E-state index contributed by atoms with van der Waals surface area (Å²) in [6.07, 6.45) is -4.88. The Balaban J connectivity index is 1.65. The van der Waals surface area contributed by atoms with Crippen LogP contribution in [0.15, 0.2) is 41.0 Å². The summed E-state index contributed by atoms with van der Waals surface area (Å²) in [5.74, 6) is -0.120. The lowest BCUT2D eigenvalue weighted by atomic mass is 10.2. The van der Waals surface area contributed by atoms with Crippen LogP contribution in [0.25, 0.3) is 0 Å². The third kappa shape index (κ3) is 4.73. The molecule has 2 heterocycles. The molecule has 1 fully saturated rings. The van der Waals surface area contributed by atoms with Crippen LogP contribution >= 0.6 is 15.9 Å². The number of rotatable bonds is 6. The molecule has 3 rings (SSSR count). The quantitative estimate of drug-likeness (QED) is 0.619. The first-order valence-electron chi connectivity index (χ1n) is 8.43. The van der Waals surface area contributed by atoms with Crippen molar-refractivity contribution in [1.29, 1.82) is 0 Å². The molecule has 2 aromatic rings. The molecule has 10 heteroatoms. The number of pyridine rings is 1. The van der Waals surface area contributed by atoms with Crippen molar-refractivity contribution in [3.63, 3.8) is 0 Å². The fourth-order valence-corrected chi connectivity index (χ4v) is 3.33. The average Bonchev–Trinajstić information content (AvgIpc) is 3.17. The second kappa shape index (κ2) is 8.34. The Morgan fingerprint density at radius 1 is 1.21 bits per heavy atom. The first-order chi connectivity index (χ1) is 13.3. The molecule has 1 aliphatic rings. The van der Waals surface area contributed by atoms with E-state index in [4.69, 9.17) is 0 Å². The van der Waals surface area contributed by atoms with Gasteiger partial charge in [-0.1, -0.05) is 0 Å². The number of benzene rings is 1. The third-order valence-electron chi connectivity index (χ3n) is 4.11. The smallest absolute Gasteiger partial charge is 0.428 e. The summed E-state index contributed by atoms with van der Waals surface area (Å²) in [5.41, 5.74) is 0.594. The Labute approximate surface area is 166 Å². The van der Waals surface area contributed by atoms with Gasteiger partial charge in [-0.15, -0.1) is 0 Å². The minimum absolute atomic E-state index is 0.289. The van der Waals surface area contributed by atoms with Crippen molar-refractivity contribution in [2.24, 2.45) is 0 Å². The number of amides is 1. The molecule has 0 bridgehead atoms. The highest BCUT2D eigenvalue weighted by atomic mass is 79.9. The van der Waals surface area contributed by atoms with E-state index in [1.807, 2.05) is 0 Å². The summed E-state index contributed by atoms with van der Waals surface area (Å²) in [6.45, 7) is 1.83. The van der Waals surface area contributed by atoms with Crippen molar-refractivity contribution >= 4 is 33.3 Å². The average molecular weight is 462 g/mol. The van der Waals surface area contributed by atoms with Crippen molar-refractivity contribution in [3.05, 3.63) is 46.6 Å². The molecule has 28 heavy (non-hydrogen) atoms. The molecular formula is C18H16BrF4N3O2. The predicted molar refractivity (Wildman–Crippen MR) is 99.4 cm³/mol. The molecule has 0 atom stereocenters. The number of carbonyl (C=O) groups excluding carboxylic acids is 1. The predicted octanol–water partition coefficient (Wildman–Crippen LogP) is 4.93. The Hall–Kier alpha value is -2.36. The topological polar surface area (TPSA) is 54.5 Å². The minimum Gasteiger partial charge on any atom is -0.428 e. The van der Waals surface area contributed by atoms with Crippen molar-refractivity contribution < 1.29 is 27.1 Å². The van der Waals surface area contributed by atoms with Crippen LogP contribution in [-0.2, 0) is 0 Å². The monoisotopic (exact) mass is 461 g/mol. The number of ether oxygens (including phenoxy) is 1. The molecule has 0 radical (unpaired) electrons. The van der Waals surface area contributed by atoms with Gasteiger partial charge < -0.3 is 15.0 Å². The van der Waals surface area contributed by atoms with Crippen LogP contribution in [0.4, 0.5) is 29.1 Å². The molecule has 5 nitrogen and oxygen atoms in total. The zero-order valence-corrected chi connectivity index (χ0v) is 16.1. The molecule has 0 aliphatic carbocycles. The molecule has 1 N–H and O–H groups in total. The van der Waals surface area contributed by atoms with Gasteiger partial charge in [0.05, 0.1) is 10.0 Å². The van der Waals surface area contributed by atoms with Crippen LogP contribution in [0.1, 0.15) is 23.2 Å². The Morgan fingerprint density at radius 2 is 1.86 bits per heavy atom. The van der Waals surface area contributed by atoms with Crippen LogP contribution in [0.3, 0.4) is 0 Å². The Morgan fingerprint density at radius 3 is 2.43 bits per heavy atom. The fraction of sp³-hybridized carbons (Fsp3) is 0.333. The maximum Gasteiger partial charge on any atom is 0.461 e. The SMILES string of the molecule is O=C(Nc1ccc(OC(F)(F)C(F)F)cc1)c1cnc(N2CCCC2)c(Br)c1. The largest absolute Gasteiger partial charge is 0.461 e. The van der Waals surface area contributed by atoms with Gasteiger partial charge in [-0.2, -0.15) is 17.6 Å². The van der Waals surface area contributed by atoms with E-state index in [2.05, 4.69) is 35.9 Å². The van der Waals surface area contributed by atoms with Gasteiger partial charge in [0.15, 0.2) is 0 Å². The van der Waals surface area contributed by atoms with Crippen molar-refractivity contribution in [2.45, 2.75) is 25.4 Å². The summed E-state index contributed by atoms with van der Waals surface area (Å²) in [5, 5.41) is 2.58. The molecule has 1 aromatic heterocycles. The van der Waals surface area contributed by atoms with E-state index < -0.39 is 24.2 Å². The number of hydrogen-bond donors (Lipinski definition) is 1. The van der Waals surface area contributed by atoms with Crippen LogP contribution in [0, 0.1) is 0 Å². The molecule has 1 aromatic carbocycles. The van der Waals surface area contributed by atoms with Crippen molar-refractivity contribution in [3.8, 4) is 5.75 Å². The second-order valence-corrected chi connectivity index (χ2v) is 7.02. The minimum atomic E-state index is -4.58. The van der Waals surface area contributed by atoms with E-state index >= 15 is 0 Å². The summed E-state index contributed by atoms with van der Waals surface area (Å²) in [7, 11) is 0. The van der Waals surface area contributed by atoms with Gasteiger partial charge in [0, 0.05) is 25.0 Å². The molecule has 1 saturated heterocycles. The van der Waals surface area contributed by atoms with E-state index in [0.717, 1.165) is 43.9 Å². The number of alkyl halides is 4. The fourth-order valence-electron chi connectivity index (χ4n) is 2.73. The molecule has 150 valence electrons.